The first-order valence-electron chi connectivity index (χ1n) is 9.87. The number of ether oxygens (including phenoxy) is 1. The fourth-order valence-electron chi connectivity index (χ4n) is 2.70. The number of hydrogen-bond acceptors (Lipinski definition) is 9. The Balaban J connectivity index is 1.84. The molecule has 0 spiro atoms. The molecule has 1 amide bonds. The second kappa shape index (κ2) is 11.3. The summed E-state index contributed by atoms with van der Waals surface area (Å²) in [6.07, 6.45) is 2.71. The molecule has 14 heteroatoms. The van der Waals surface area contributed by atoms with E-state index < -0.39 is 21.1 Å². The summed E-state index contributed by atoms with van der Waals surface area (Å²) in [4.78, 5) is 21.9. The number of aryl methyl sites for hydroxylation is 1. The van der Waals surface area contributed by atoms with Gasteiger partial charge in [0.25, 0.3) is 5.91 Å². The van der Waals surface area contributed by atoms with Crippen molar-refractivity contribution < 1.29 is 27.2 Å². The summed E-state index contributed by atoms with van der Waals surface area (Å²) in [6, 6.07) is 7.31. The average Bonchev–Trinajstić information content (AvgIpc) is 3.42. The second-order valence-corrected chi connectivity index (χ2v) is 9.99. The lowest BCUT2D eigenvalue weighted by Gasteiger charge is -2.17. The molecule has 0 radical (unpaired) electrons. The molecule has 0 aliphatic heterocycles. The van der Waals surface area contributed by atoms with Crippen molar-refractivity contribution in [1.82, 2.24) is 19.1 Å². The van der Waals surface area contributed by atoms with Crippen LogP contribution in [0.1, 0.15) is 11.3 Å². The molecule has 3 rings (SSSR count). The Bertz CT molecular complexity index is 1260. The Labute approximate surface area is 199 Å². The Kier molecular flexibility index (Phi) is 8.44. The molecule has 182 valence electrons. The van der Waals surface area contributed by atoms with E-state index >= 15 is 0 Å². The maximum atomic E-state index is 13.3. The van der Waals surface area contributed by atoms with Gasteiger partial charge in [-0.3, -0.25) is 14.8 Å². The number of carbonyl (C=O) groups is 1. The molecule has 34 heavy (non-hydrogen) atoms. The number of benzene rings is 1. The van der Waals surface area contributed by atoms with Crippen molar-refractivity contribution in [2.45, 2.75) is 11.5 Å². The van der Waals surface area contributed by atoms with Gasteiger partial charge in [0.2, 0.25) is 10.0 Å². The summed E-state index contributed by atoms with van der Waals surface area (Å²) in [5, 5.41) is 10.0. The van der Waals surface area contributed by atoms with Gasteiger partial charge in [-0.2, -0.15) is 13.8 Å². The molecule has 3 aromatic rings. The number of anilines is 1. The minimum absolute atomic E-state index is 0.000255. The zero-order chi connectivity index (χ0) is 24.7. The number of likely N-dealkylation sites (N-methyl/N-ethyl adjacent to an activating group) is 1. The number of sulfonamides is 1. The second-order valence-electron chi connectivity index (χ2n) is 6.96. The summed E-state index contributed by atoms with van der Waals surface area (Å²) in [5.41, 5.74) is 0.728. The topological polar surface area (TPSA) is 128 Å². The van der Waals surface area contributed by atoms with Crippen LogP contribution in [0.15, 0.2) is 52.8 Å². The zero-order valence-corrected chi connectivity index (χ0v) is 20.3. The van der Waals surface area contributed by atoms with Crippen LogP contribution in [-0.2, 0) is 38.0 Å². The van der Waals surface area contributed by atoms with Crippen molar-refractivity contribution in [2.75, 3.05) is 32.6 Å². The zero-order valence-electron chi connectivity index (χ0n) is 18.6. The lowest BCUT2D eigenvalue weighted by Crippen LogP contribution is -2.30. The highest BCUT2D eigenvalue weighted by Gasteiger charge is 2.22. The van der Waals surface area contributed by atoms with Crippen LogP contribution >= 0.6 is 11.3 Å². The number of methoxy groups -OCH3 is 1. The van der Waals surface area contributed by atoms with Crippen LogP contribution in [0.3, 0.4) is 0 Å². The third-order valence-electron chi connectivity index (χ3n) is 4.50. The van der Waals surface area contributed by atoms with Crippen LogP contribution in [0.2, 0.25) is 0 Å². The number of nitrogens with one attached hydrogen (secondary N) is 1. The number of thiazole rings is 1. The Morgan fingerprint density at radius 2 is 2.03 bits per heavy atom. The highest BCUT2D eigenvalue weighted by atomic mass is 32.2. The standard InChI is InChI=1S/C20H23FN6O5S2/c1-26-9-8-15(24-26)13-32-25-18(19(28)23-20-22-12-17(21)33-20)14-4-6-16(7-5-14)34(29,30)27(2)10-11-31-3/h4-9,12H,10-11,13H2,1-3H3,(H,22,23,28)/b25-18+. The first kappa shape index (κ1) is 25.4. The molecule has 0 aliphatic rings. The van der Waals surface area contributed by atoms with Crippen LogP contribution < -0.4 is 5.32 Å². The summed E-state index contributed by atoms with van der Waals surface area (Å²) >= 11 is 0.654. The third kappa shape index (κ3) is 6.44. The quantitative estimate of drug-likeness (QED) is 0.308. The van der Waals surface area contributed by atoms with Gasteiger partial charge in [0, 0.05) is 39.5 Å². The first-order valence-corrected chi connectivity index (χ1v) is 12.1. The van der Waals surface area contributed by atoms with Gasteiger partial charge in [0.1, 0.15) is 5.69 Å². The number of oxime groups is 1. The van der Waals surface area contributed by atoms with E-state index in [4.69, 9.17) is 9.57 Å². The first-order chi connectivity index (χ1) is 16.2. The number of hydrogen-bond donors (Lipinski definition) is 1. The number of aromatic nitrogens is 3. The van der Waals surface area contributed by atoms with Crippen LogP contribution in [0.4, 0.5) is 9.52 Å². The molecule has 0 saturated heterocycles. The summed E-state index contributed by atoms with van der Waals surface area (Å²) in [5.74, 6) is -0.705. The molecule has 2 aromatic heterocycles. The molecule has 0 fully saturated rings. The van der Waals surface area contributed by atoms with Crippen molar-refractivity contribution in [2.24, 2.45) is 12.2 Å². The van der Waals surface area contributed by atoms with Crippen LogP contribution in [0.25, 0.3) is 0 Å². The maximum Gasteiger partial charge on any atom is 0.280 e. The van der Waals surface area contributed by atoms with E-state index in [1.165, 1.54) is 42.7 Å². The normalized spacial score (nSPS) is 12.2. The molecule has 0 bridgehead atoms. The van der Waals surface area contributed by atoms with Gasteiger partial charge in [-0.1, -0.05) is 28.6 Å². The fraction of sp³-hybridized carbons (Fsp3) is 0.300. The van der Waals surface area contributed by atoms with E-state index in [9.17, 15) is 17.6 Å². The van der Waals surface area contributed by atoms with Gasteiger partial charge in [-0.15, -0.1) is 0 Å². The van der Waals surface area contributed by atoms with Crippen molar-refractivity contribution in [3.05, 3.63) is 59.1 Å². The van der Waals surface area contributed by atoms with Crippen LogP contribution in [0, 0.1) is 5.13 Å². The molecule has 0 aliphatic carbocycles. The largest absolute Gasteiger partial charge is 0.389 e. The Morgan fingerprint density at radius 1 is 1.29 bits per heavy atom. The minimum Gasteiger partial charge on any atom is -0.389 e. The molecular formula is C20H23FN6O5S2. The van der Waals surface area contributed by atoms with E-state index in [-0.39, 0.29) is 41.1 Å². The van der Waals surface area contributed by atoms with E-state index in [1.807, 2.05) is 0 Å². The maximum absolute atomic E-state index is 13.3. The van der Waals surface area contributed by atoms with Gasteiger partial charge < -0.3 is 9.57 Å². The predicted molar refractivity (Wildman–Crippen MR) is 123 cm³/mol. The van der Waals surface area contributed by atoms with Crippen LogP contribution in [-0.4, -0.2) is 66.4 Å². The molecule has 0 saturated carbocycles. The highest BCUT2D eigenvalue weighted by molar-refractivity contribution is 7.89. The molecule has 1 aromatic carbocycles. The number of carbonyl (C=O) groups excluding carboxylic acids is 1. The van der Waals surface area contributed by atoms with Gasteiger partial charge in [0.15, 0.2) is 22.6 Å². The Morgan fingerprint density at radius 3 is 2.62 bits per heavy atom. The van der Waals surface area contributed by atoms with Crippen LogP contribution in [0.5, 0.6) is 0 Å². The molecule has 1 N–H and O–H groups in total. The van der Waals surface area contributed by atoms with E-state index in [1.54, 1.807) is 24.0 Å². The predicted octanol–water partition coefficient (Wildman–Crippen LogP) is 1.84. The Hall–Kier alpha value is -3.20. The number of halogens is 1. The molecule has 11 nitrogen and oxygen atoms in total. The van der Waals surface area contributed by atoms with E-state index in [0.717, 1.165) is 6.20 Å². The number of amides is 1. The SMILES string of the molecule is COCCN(C)S(=O)(=O)c1ccc(/C(=N\OCc2ccn(C)n2)C(=O)Nc2ncc(F)s2)cc1. The summed E-state index contributed by atoms with van der Waals surface area (Å²) < 4.78 is 46.4. The average molecular weight is 511 g/mol. The molecule has 0 atom stereocenters. The van der Waals surface area contributed by atoms with Gasteiger partial charge in [-0.05, 0) is 18.2 Å². The molecular weight excluding hydrogens is 487 g/mol. The van der Waals surface area contributed by atoms with Crippen molar-refractivity contribution in [1.29, 1.82) is 0 Å². The van der Waals surface area contributed by atoms with Gasteiger partial charge >= 0.3 is 0 Å². The minimum atomic E-state index is -3.75. The van der Waals surface area contributed by atoms with E-state index in [2.05, 4.69) is 20.6 Å². The molecule has 0 unspecified atom stereocenters. The smallest absolute Gasteiger partial charge is 0.280 e. The highest BCUT2D eigenvalue weighted by Crippen LogP contribution is 2.18. The summed E-state index contributed by atoms with van der Waals surface area (Å²) in [7, 11) is 0.931. The van der Waals surface area contributed by atoms with Crippen molar-refractivity contribution >= 4 is 38.1 Å². The summed E-state index contributed by atoms with van der Waals surface area (Å²) in [6.45, 7) is 0.428. The van der Waals surface area contributed by atoms with Crippen molar-refractivity contribution in [3.63, 3.8) is 0 Å². The van der Waals surface area contributed by atoms with E-state index in [0.29, 0.717) is 17.0 Å². The number of rotatable bonds is 11. The van der Waals surface area contributed by atoms with Crippen molar-refractivity contribution in [3.8, 4) is 0 Å². The third-order valence-corrected chi connectivity index (χ3v) is 7.07. The fourth-order valence-corrected chi connectivity index (χ4v) is 4.40. The van der Waals surface area contributed by atoms with Gasteiger partial charge in [0.05, 0.1) is 17.7 Å². The lowest BCUT2D eigenvalue weighted by molar-refractivity contribution is -0.110. The lowest BCUT2D eigenvalue weighted by atomic mass is 10.1. The molecule has 2 heterocycles. The number of nitrogens with zero attached hydrogens (tertiary/aromatic N) is 5. The monoisotopic (exact) mass is 510 g/mol. The van der Waals surface area contributed by atoms with Gasteiger partial charge in [-0.25, -0.2) is 13.4 Å².